The molecule has 1 amide bonds. The van der Waals surface area contributed by atoms with Crippen LogP contribution in [0.5, 0.6) is 5.75 Å². The van der Waals surface area contributed by atoms with Crippen LogP contribution in [0.15, 0.2) is 48.5 Å². The van der Waals surface area contributed by atoms with Gasteiger partial charge in [0.05, 0.1) is 23.5 Å². The van der Waals surface area contributed by atoms with Crippen LogP contribution in [-0.4, -0.2) is 32.2 Å². The quantitative estimate of drug-likeness (QED) is 0.579. The molecule has 34 heavy (non-hydrogen) atoms. The highest BCUT2D eigenvalue weighted by atomic mass is 32.2. The topological polar surface area (TPSA) is 75.7 Å². The van der Waals surface area contributed by atoms with Crippen molar-refractivity contribution in [3.8, 4) is 5.75 Å². The molecule has 3 rings (SSSR count). The second-order valence-corrected chi connectivity index (χ2v) is 10.4. The number of benzene rings is 2. The Kier molecular flexibility index (Phi) is 7.21. The van der Waals surface area contributed by atoms with Gasteiger partial charge < -0.3 is 10.1 Å². The van der Waals surface area contributed by atoms with E-state index in [-0.39, 0.29) is 5.69 Å². The molecule has 10 heteroatoms. The number of rotatable bonds is 7. The second-order valence-electron chi connectivity index (χ2n) is 8.58. The molecular weight excluding hydrogens is 469 g/mol. The maximum atomic E-state index is 13.3. The number of hydrogen-bond acceptors (Lipinski definition) is 4. The third kappa shape index (κ3) is 5.32. The molecule has 6 nitrogen and oxygen atoms in total. The Hall–Kier alpha value is -2.75. The number of ether oxygens (including phenoxy) is 1. The Morgan fingerprint density at radius 3 is 2.41 bits per heavy atom. The van der Waals surface area contributed by atoms with Gasteiger partial charge in [0.15, 0.2) is 0 Å². The highest BCUT2D eigenvalue weighted by molar-refractivity contribution is 7.92. The summed E-state index contributed by atoms with van der Waals surface area (Å²) >= 11 is 0. The van der Waals surface area contributed by atoms with Crippen LogP contribution in [0, 0.1) is 0 Å². The number of carbonyl (C=O) groups is 1. The average molecular weight is 499 g/mol. The van der Waals surface area contributed by atoms with E-state index >= 15 is 0 Å². The third-order valence-electron chi connectivity index (χ3n) is 6.32. The number of alkyl halides is 3. The van der Waals surface area contributed by atoms with Crippen molar-refractivity contribution in [3.05, 3.63) is 59.7 Å². The van der Waals surface area contributed by atoms with E-state index in [0.717, 1.165) is 34.3 Å². The minimum absolute atomic E-state index is 0.233. The Morgan fingerprint density at radius 1 is 1.18 bits per heavy atom. The molecule has 0 saturated carbocycles. The van der Waals surface area contributed by atoms with Gasteiger partial charge in [0, 0.05) is 12.0 Å². The van der Waals surface area contributed by atoms with E-state index in [1.807, 2.05) is 38.1 Å². The number of sulfonamides is 1. The molecule has 0 radical (unpaired) electrons. The molecule has 1 aliphatic rings. The summed E-state index contributed by atoms with van der Waals surface area (Å²) in [4.78, 5) is 13.3. The van der Waals surface area contributed by atoms with Gasteiger partial charge in [0.25, 0.3) is 0 Å². The van der Waals surface area contributed by atoms with E-state index in [1.54, 1.807) is 0 Å². The number of amides is 1. The molecule has 0 spiro atoms. The van der Waals surface area contributed by atoms with Gasteiger partial charge >= 0.3 is 6.18 Å². The lowest BCUT2D eigenvalue weighted by atomic mass is 9.83. The smallest absolute Gasteiger partial charge is 0.416 e. The van der Waals surface area contributed by atoms with E-state index in [9.17, 15) is 26.4 Å². The van der Waals surface area contributed by atoms with Gasteiger partial charge in [-0.05, 0) is 44.0 Å². The van der Waals surface area contributed by atoms with Gasteiger partial charge in [0.2, 0.25) is 15.9 Å². The predicted molar refractivity (Wildman–Crippen MR) is 124 cm³/mol. The molecule has 0 saturated heterocycles. The zero-order valence-corrected chi connectivity index (χ0v) is 20.3. The van der Waals surface area contributed by atoms with Crippen molar-refractivity contribution in [1.29, 1.82) is 0 Å². The Labute approximate surface area is 198 Å². The zero-order chi connectivity index (χ0) is 25.3. The highest BCUT2D eigenvalue weighted by Gasteiger charge is 2.40. The fourth-order valence-corrected chi connectivity index (χ4v) is 5.52. The van der Waals surface area contributed by atoms with Gasteiger partial charge in [-0.1, -0.05) is 38.1 Å². The number of halogens is 3. The Morgan fingerprint density at radius 2 is 1.82 bits per heavy atom. The van der Waals surface area contributed by atoms with Crippen LogP contribution < -0.4 is 14.4 Å². The van der Waals surface area contributed by atoms with Gasteiger partial charge in [-0.15, -0.1) is 0 Å². The fourth-order valence-electron chi connectivity index (χ4n) is 4.35. The summed E-state index contributed by atoms with van der Waals surface area (Å²) < 4.78 is 71.8. The van der Waals surface area contributed by atoms with E-state index < -0.39 is 45.4 Å². The van der Waals surface area contributed by atoms with Crippen molar-refractivity contribution in [3.63, 3.8) is 0 Å². The van der Waals surface area contributed by atoms with Crippen LogP contribution in [-0.2, 0) is 21.0 Å². The lowest BCUT2D eigenvalue weighted by molar-refractivity contribution is -0.137. The minimum atomic E-state index is -4.65. The second kappa shape index (κ2) is 9.48. The molecule has 1 heterocycles. The number of fused-ring (bicyclic) bond motifs is 1. The number of para-hydroxylation sites is 1. The van der Waals surface area contributed by atoms with Crippen LogP contribution >= 0.6 is 0 Å². The highest BCUT2D eigenvalue weighted by Crippen LogP contribution is 2.42. The summed E-state index contributed by atoms with van der Waals surface area (Å²) in [5.74, 6) is 0.0268. The van der Waals surface area contributed by atoms with Crippen LogP contribution in [0.2, 0.25) is 0 Å². The molecule has 0 bridgehead atoms. The first kappa shape index (κ1) is 25.9. The van der Waals surface area contributed by atoms with Crippen molar-refractivity contribution in [1.82, 2.24) is 5.32 Å². The van der Waals surface area contributed by atoms with Gasteiger partial charge in [-0.25, -0.2) is 8.42 Å². The van der Waals surface area contributed by atoms with Crippen molar-refractivity contribution in [2.45, 2.75) is 63.9 Å². The molecule has 0 aromatic heterocycles. The third-order valence-corrected chi connectivity index (χ3v) is 7.56. The molecule has 2 aromatic carbocycles. The van der Waals surface area contributed by atoms with Gasteiger partial charge in [-0.2, -0.15) is 13.2 Å². The van der Waals surface area contributed by atoms with Crippen molar-refractivity contribution in [2.75, 3.05) is 10.6 Å². The largest absolute Gasteiger partial charge is 0.487 e. The lowest BCUT2D eigenvalue weighted by Gasteiger charge is -2.42. The maximum absolute atomic E-state index is 13.3. The molecule has 2 atom stereocenters. The molecule has 0 aliphatic carbocycles. The van der Waals surface area contributed by atoms with E-state index in [0.29, 0.717) is 25.0 Å². The molecule has 0 fully saturated rings. The van der Waals surface area contributed by atoms with Crippen molar-refractivity contribution >= 4 is 21.6 Å². The first-order valence-corrected chi connectivity index (χ1v) is 12.9. The van der Waals surface area contributed by atoms with Crippen LogP contribution in [0.1, 0.15) is 57.2 Å². The van der Waals surface area contributed by atoms with E-state index in [1.165, 1.54) is 13.0 Å². The average Bonchev–Trinajstić information content (AvgIpc) is 2.77. The van der Waals surface area contributed by atoms with E-state index in [2.05, 4.69) is 5.32 Å². The number of anilines is 1. The van der Waals surface area contributed by atoms with Crippen LogP contribution in [0.4, 0.5) is 18.9 Å². The Bertz CT molecular complexity index is 1150. The standard InChI is InChI=1S/C24H29F3N2O4S/c1-5-23(6-2)15-20(19-12-7-8-13-21(19)33-23)28-22(30)16(3)29(34(4,31)32)18-11-9-10-17(14-18)24(25,26)27/h7-14,16,20H,5-6,15H2,1-4H3,(H,28,30)/t16-,20+/m0/s1. The first-order valence-electron chi connectivity index (χ1n) is 11.1. The van der Waals surface area contributed by atoms with Gasteiger partial charge in [0.1, 0.15) is 17.4 Å². The number of nitrogens with one attached hydrogen (secondary N) is 1. The monoisotopic (exact) mass is 498 g/mol. The first-order chi connectivity index (χ1) is 15.8. The molecule has 0 unspecified atom stereocenters. The van der Waals surface area contributed by atoms with Gasteiger partial charge in [-0.3, -0.25) is 9.10 Å². The summed E-state index contributed by atoms with van der Waals surface area (Å²) in [6, 6.07) is 9.52. The fraction of sp³-hybridized carbons (Fsp3) is 0.458. The SMILES string of the molecule is CCC1(CC)C[C@@H](NC(=O)[C@H](C)N(c2cccc(C(F)(F)F)c2)S(C)(=O)=O)c2ccccc2O1. The van der Waals surface area contributed by atoms with Crippen LogP contribution in [0.3, 0.4) is 0 Å². The summed E-state index contributed by atoms with van der Waals surface area (Å²) in [5, 5.41) is 2.92. The van der Waals surface area contributed by atoms with E-state index in [4.69, 9.17) is 4.74 Å². The number of hydrogen-bond donors (Lipinski definition) is 1. The number of nitrogens with zero attached hydrogens (tertiary/aromatic N) is 1. The summed E-state index contributed by atoms with van der Waals surface area (Å²) in [6.45, 7) is 5.35. The molecule has 186 valence electrons. The normalized spacial score (nSPS) is 18.4. The summed E-state index contributed by atoms with van der Waals surface area (Å²) in [7, 11) is -4.08. The van der Waals surface area contributed by atoms with Crippen molar-refractivity contribution < 1.29 is 31.1 Å². The predicted octanol–water partition coefficient (Wildman–Crippen LogP) is 5.06. The Balaban J connectivity index is 1.94. The zero-order valence-electron chi connectivity index (χ0n) is 19.5. The van der Waals surface area contributed by atoms with Crippen LogP contribution in [0.25, 0.3) is 0 Å². The lowest BCUT2D eigenvalue weighted by Crippen LogP contribution is -2.51. The summed E-state index contributed by atoms with van der Waals surface area (Å²) in [6.07, 6.45) is -1.89. The minimum Gasteiger partial charge on any atom is -0.487 e. The molecule has 2 aromatic rings. The molecule has 1 aliphatic heterocycles. The molecular formula is C24H29F3N2O4S. The summed E-state index contributed by atoms with van der Waals surface area (Å²) in [5.41, 5.74) is -0.956. The molecule has 1 N–H and O–H groups in total. The van der Waals surface area contributed by atoms with Crippen molar-refractivity contribution in [2.24, 2.45) is 0 Å². The maximum Gasteiger partial charge on any atom is 0.416 e. The number of carbonyl (C=O) groups excluding carboxylic acids is 1.